The van der Waals surface area contributed by atoms with Crippen LogP contribution in [-0.2, 0) is 11.2 Å². The molecule has 0 spiro atoms. The quantitative estimate of drug-likeness (QED) is 0.404. The topological polar surface area (TPSA) is 89.3 Å². The number of thiophene rings is 1. The number of carbonyl (C=O) groups is 2. The van der Waals surface area contributed by atoms with E-state index in [4.69, 9.17) is 0 Å². The monoisotopic (exact) mass is 366 g/mol. The van der Waals surface area contributed by atoms with E-state index in [2.05, 4.69) is 5.32 Å². The Morgan fingerprint density at radius 3 is 2.50 bits per heavy atom. The summed E-state index contributed by atoms with van der Waals surface area (Å²) in [7, 11) is 0. The van der Waals surface area contributed by atoms with Crippen LogP contribution in [0.4, 0.5) is 11.4 Å². The SMILES string of the molecule is O=C(Cc1ccsc1)Nc1ccc([N+](=O)[O-])cc1C(=O)c1ccccc1. The van der Waals surface area contributed by atoms with E-state index in [9.17, 15) is 19.7 Å². The Morgan fingerprint density at radius 1 is 1.08 bits per heavy atom. The van der Waals surface area contributed by atoms with Gasteiger partial charge >= 0.3 is 0 Å². The van der Waals surface area contributed by atoms with Crippen molar-refractivity contribution >= 4 is 34.4 Å². The Balaban J connectivity index is 1.92. The van der Waals surface area contributed by atoms with Crippen LogP contribution in [0.25, 0.3) is 0 Å². The Labute approximate surface area is 153 Å². The number of amides is 1. The molecule has 6 nitrogen and oxygen atoms in total. The van der Waals surface area contributed by atoms with E-state index in [0.717, 1.165) is 5.56 Å². The first-order chi connectivity index (χ1) is 12.5. The molecule has 7 heteroatoms. The molecule has 130 valence electrons. The van der Waals surface area contributed by atoms with Gasteiger partial charge in [-0.3, -0.25) is 19.7 Å². The lowest BCUT2D eigenvalue weighted by molar-refractivity contribution is -0.384. The number of anilines is 1. The summed E-state index contributed by atoms with van der Waals surface area (Å²) in [6, 6.07) is 14.1. The lowest BCUT2D eigenvalue weighted by Crippen LogP contribution is -2.17. The highest BCUT2D eigenvalue weighted by Gasteiger charge is 2.19. The molecule has 0 aliphatic heterocycles. The summed E-state index contributed by atoms with van der Waals surface area (Å²) in [6.45, 7) is 0. The maximum Gasteiger partial charge on any atom is 0.270 e. The first-order valence-electron chi connectivity index (χ1n) is 7.73. The lowest BCUT2D eigenvalue weighted by atomic mass is 10.0. The summed E-state index contributed by atoms with van der Waals surface area (Å²) in [5.41, 5.74) is 1.39. The van der Waals surface area contributed by atoms with Crippen LogP contribution in [0.15, 0.2) is 65.4 Å². The van der Waals surface area contributed by atoms with E-state index in [1.165, 1.54) is 29.5 Å². The summed E-state index contributed by atoms with van der Waals surface area (Å²) >= 11 is 1.49. The fraction of sp³-hybridized carbons (Fsp3) is 0.0526. The fourth-order valence-corrected chi connectivity index (χ4v) is 3.13. The van der Waals surface area contributed by atoms with Crippen molar-refractivity contribution < 1.29 is 14.5 Å². The van der Waals surface area contributed by atoms with Crippen molar-refractivity contribution in [2.45, 2.75) is 6.42 Å². The van der Waals surface area contributed by atoms with E-state index < -0.39 is 4.92 Å². The third-order valence-corrected chi connectivity index (χ3v) is 4.45. The maximum absolute atomic E-state index is 12.8. The van der Waals surface area contributed by atoms with Crippen molar-refractivity contribution in [2.75, 3.05) is 5.32 Å². The van der Waals surface area contributed by atoms with Crippen LogP contribution in [0.3, 0.4) is 0 Å². The molecule has 0 aliphatic carbocycles. The molecule has 0 saturated carbocycles. The smallest absolute Gasteiger partial charge is 0.270 e. The number of nitro groups is 1. The van der Waals surface area contributed by atoms with Crippen molar-refractivity contribution in [3.8, 4) is 0 Å². The normalized spacial score (nSPS) is 10.3. The number of hydrogen-bond acceptors (Lipinski definition) is 5. The van der Waals surface area contributed by atoms with Gasteiger partial charge in [0, 0.05) is 17.7 Å². The number of carbonyl (C=O) groups excluding carboxylic acids is 2. The number of ketones is 1. The third kappa shape index (κ3) is 4.01. The molecule has 0 radical (unpaired) electrons. The minimum Gasteiger partial charge on any atom is -0.325 e. The highest BCUT2D eigenvalue weighted by atomic mass is 32.1. The molecule has 3 rings (SSSR count). The van der Waals surface area contributed by atoms with E-state index >= 15 is 0 Å². The average Bonchev–Trinajstić information content (AvgIpc) is 3.15. The second kappa shape index (κ2) is 7.71. The van der Waals surface area contributed by atoms with Gasteiger partial charge in [0.25, 0.3) is 5.69 Å². The first-order valence-corrected chi connectivity index (χ1v) is 8.68. The van der Waals surface area contributed by atoms with Gasteiger partial charge in [-0.25, -0.2) is 0 Å². The molecule has 0 fully saturated rings. The van der Waals surface area contributed by atoms with E-state index in [1.807, 2.05) is 16.8 Å². The lowest BCUT2D eigenvalue weighted by Gasteiger charge is -2.10. The van der Waals surface area contributed by atoms with Crippen molar-refractivity contribution in [2.24, 2.45) is 0 Å². The zero-order valence-electron chi connectivity index (χ0n) is 13.5. The first kappa shape index (κ1) is 17.5. The van der Waals surface area contributed by atoms with Gasteiger partial charge in [0.05, 0.1) is 22.6 Å². The summed E-state index contributed by atoms with van der Waals surface area (Å²) in [5.74, 6) is -0.681. The molecule has 0 bridgehead atoms. The molecular formula is C19H14N2O4S. The summed E-state index contributed by atoms with van der Waals surface area (Å²) < 4.78 is 0. The van der Waals surface area contributed by atoms with Crippen molar-refractivity contribution in [3.05, 3.63) is 92.2 Å². The molecule has 0 unspecified atom stereocenters. The van der Waals surface area contributed by atoms with Crippen LogP contribution in [0.5, 0.6) is 0 Å². The number of rotatable bonds is 6. The van der Waals surface area contributed by atoms with E-state index in [-0.39, 0.29) is 35.0 Å². The molecule has 1 heterocycles. The van der Waals surface area contributed by atoms with Crippen molar-refractivity contribution in [1.82, 2.24) is 0 Å². The number of hydrogen-bond donors (Lipinski definition) is 1. The number of nitro benzene ring substituents is 1. The van der Waals surface area contributed by atoms with Gasteiger partial charge in [0.2, 0.25) is 5.91 Å². The Bertz CT molecular complexity index is 953. The molecule has 26 heavy (non-hydrogen) atoms. The molecule has 2 aromatic carbocycles. The molecule has 0 atom stereocenters. The fourth-order valence-electron chi connectivity index (χ4n) is 2.46. The predicted octanol–water partition coefficient (Wildman–Crippen LogP) is 4.07. The molecular weight excluding hydrogens is 352 g/mol. The highest BCUT2D eigenvalue weighted by Crippen LogP contribution is 2.25. The molecule has 1 aromatic heterocycles. The van der Waals surface area contributed by atoms with Gasteiger partial charge in [-0.05, 0) is 28.5 Å². The maximum atomic E-state index is 12.8. The van der Waals surface area contributed by atoms with E-state index in [1.54, 1.807) is 30.3 Å². The van der Waals surface area contributed by atoms with Gasteiger partial charge in [0.1, 0.15) is 0 Å². The molecule has 3 aromatic rings. The molecule has 1 N–H and O–H groups in total. The third-order valence-electron chi connectivity index (χ3n) is 3.71. The van der Waals surface area contributed by atoms with Gasteiger partial charge in [-0.15, -0.1) is 0 Å². The van der Waals surface area contributed by atoms with Crippen LogP contribution in [0.2, 0.25) is 0 Å². The molecule has 1 amide bonds. The second-order valence-electron chi connectivity index (χ2n) is 5.54. The summed E-state index contributed by atoms with van der Waals surface area (Å²) in [6.07, 6.45) is 0.166. The van der Waals surface area contributed by atoms with Crippen LogP contribution >= 0.6 is 11.3 Å². The van der Waals surface area contributed by atoms with Crippen LogP contribution < -0.4 is 5.32 Å². The largest absolute Gasteiger partial charge is 0.325 e. The van der Waals surface area contributed by atoms with Crippen LogP contribution in [0.1, 0.15) is 21.5 Å². The molecule has 0 saturated heterocycles. The summed E-state index contributed by atoms with van der Waals surface area (Å²) in [5, 5.41) is 17.5. The Kier molecular flexibility index (Phi) is 5.19. The standard InChI is InChI=1S/C19H14N2O4S/c22-18(10-13-8-9-26-12-13)20-17-7-6-15(21(24)25)11-16(17)19(23)14-4-2-1-3-5-14/h1-9,11-12H,10H2,(H,20,22). The van der Waals surface area contributed by atoms with Gasteiger partial charge in [-0.1, -0.05) is 30.3 Å². The number of benzene rings is 2. The van der Waals surface area contributed by atoms with Gasteiger partial charge < -0.3 is 5.32 Å². The van der Waals surface area contributed by atoms with E-state index in [0.29, 0.717) is 5.56 Å². The van der Waals surface area contributed by atoms with Crippen molar-refractivity contribution in [3.63, 3.8) is 0 Å². The molecule has 0 aliphatic rings. The predicted molar refractivity (Wildman–Crippen MR) is 99.6 cm³/mol. The number of nitrogens with zero attached hydrogens (tertiary/aromatic N) is 1. The minimum atomic E-state index is -0.571. The zero-order valence-corrected chi connectivity index (χ0v) is 14.4. The second-order valence-corrected chi connectivity index (χ2v) is 6.32. The minimum absolute atomic E-state index is 0.0871. The van der Waals surface area contributed by atoms with Gasteiger partial charge in [0.15, 0.2) is 5.78 Å². The zero-order chi connectivity index (χ0) is 18.5. The van der Waals surface area contributed by atoms with Crippen LogP contribution in [0, 0.1) is 10.1 Å². The number of nitrogens with one attached hydrogen (secondary N) is 1. The average molecular weight is 366 g/mol. The Morgan fingerprint density at radius 2 is 1.85 bits per heavy atom. The Hall–Kier alpha value is -3.32. The van der Waals surface area contributed by atoms with Crippen LogP contribution in [-0.4, -0.2) is 16.6 Å². The number of non-ortho nitro benzene ring substituents is 1. The van der Waals surface area contributed by atoms with Gasteiger partial charge in [-0.2, -0.15) is 11.3 Å². The van der Waals surface area contributed by atoms with Crippen molar-refractivity contribution in [1.29, 1.82) is 0 Å². The summed E-state index contributed by atoms with van der Waals surface area (Å²) in [4.78, 5) is 35.5. The highest BCUT2D eigenvalue weighted by molar-refractivity contribution is 7.08.